The molecule has 2 aromatic rings. The van der Waals surface area contributed by atoms with Gasteiger partial charge in [-0.05, 0) is 24.6 Å². The lowest BCUT2D eigenvalue weighted by Gasteiger charge is -2.11. The number of nitrogens with zero attached hydrogens (tertiary/aromatic N) is 2. The number of ether oxygens (including phenoxy) is 2. The van der Waals surface area contributed by atoms with Crippen LogP contribution in [0.15, 0.2) is 47.6 Å². The van der Waals surface area contributed by atoms with Crippen molar-refractivity contribution in [3.63, 3.8) is 0 Å². The highest BCUT2D eigenvalue weighted by molar-refractivity contribution is 14.0. The molecule has 136 valence electrons. The van der Waals surface area contributed by atoms with Crippen molar-refractivity contribution in [3.05, 3.63) is 48.2 Å². The van der Waals surface area contributed by atoms with Gasteiger partial charge < -0.3 is 20.5 Å². The van der Waals surface area contributed by atoms with Crippen molar-refractivity contribution in [3.8, 4) is 11.6 Å². The Morgan fingerprint density at radius 1 is 1.24 bits per heavy atom. The fraction of sp³-hybridized carbons (Fsp3) is 0.333. The maximum atomic E-state index is 5.97. The molecule has 0 fully saturated rings. The first-order valence-corrected chi connectivity index (χ1v) is 8.01. The van der Waals surface area contributed by atoms with Crippen LogP contribution in [0.25, 0.3) is 0 Å². The van der Waals surface area contributed by atoms with Gasteiger partial charge in [0.1, 0.15) is 5.75 Å². The number of aliphatic imine (C=N–C) groups is 1. The normalized spacial score (nSPS) is 10.7. The predicted octanol–water partition coefficient (Wildman–Crippen LogP) is 3.81. The van der Waals surface area contributed by atoms with Crippen LogP contribution in [0.3, 0.4) is 0 Å². The van der Waals surface area contributed by atoms with Gasteiger partial charge in [-0.2, -0.15) is 0 Å². The number of halogens is 1. The third-order valence-electron chi connectivity index (χ3n) is 3.38. The van der Waals surface area contributed by atoms with E-state index in [1.54, 1.807) is 13.3 Å². The van der Waals surface area contributed by atoms with Crippen molar-refractivity contribution in [2.75, 3.05) is 19.0 Å². The summed E-state index contributed by atoms with van der Waals surface area (Å²) in [5.74, 6) is 1.63. The lowest BCUT2D eigenvalue weighted by Crippen LogP contribution is -2.23. The van der Waals surface area contributed by atoms with Gasteiger partial charge in [0.15, 0.2) is 5.96 Å². The molecule has 0 saturated heterocycles. The molecule has 0 aliphatic rings. The zero-order valence-corrected chi connectivity index (χ0v) is 16.9. The maximum Gasteiger partial charge on any atom is 0.218 e. The van der Waals surface area contributed by atoms with Crippen molar-refractivity contribution in [2.45, 2.75) is 26.3 Å². The SMILES string of the molecule is CCCCOc1ncccc1CN=C(N)Nc1ccccc1OC.I. The number of guanidine groups is 1. The summed E-state index contributed by atoms with van der Waals surface area (Å²) in [6.07, 6.45) is 3.79. The van der Waals surface area contributed by atoms with E-state index in [0.29, 0.717) is 30.7 Å². The van der Waals surface area contributed by atoms with Crippen molar-refractivity contribution >= 4 is 35.6 Å². The summed E-state index contributed by atoms with van der Waals surface area (Å²) in [7, 11) is 1.61. The number of methoxy groups -OCH3 is 1. The number of rotatable bonds is 8. The Balaban J connectivity index is 0.00000312. The molecule has 0 spiro atoms. The van der Waals surface area contributed by atoms with Crippen molar-refractivity contribution in [1.29, 1.82) is 0 Å². The van der Waals surface area contributed by atoms with Crippen LogP contribution in [0.5, 0.6) is 11.6 Å². The molecule has 2 rings (SSSR count). The predicted molar refractivity (Wildman–Crippen MR) is 112 cm³/mol. The van der Waals surface area contributed by atoms with Gasteiger partial charge in [-0.15, -0.1) is 24.0 Å². The molecule has 0 saturated carbocycles. The van der Waals surface area contributed by atoms with E-state index in [2.05, 4.69) is 22.2 Å². The largest absolute Gasteiger partial charge is 0.495 e. The second kappa shape index (κ2) is 11.5. The molecule has 6 nitrogen and oxygen atoms in total. The minimum atomic E-state index is 0. The van der Waals surface area contributed by atoms with Gasteiger partial charge in [-0.3, -0.25) is 0 Å². The first-order chi connectivity index (χ1) is 11.7. The summed E-state index contributed by atoms with van der Waals surface area (Å²) in [5, 5.41) is 3.04. The number of para-hydroxylation sites is 2. The molecular weight excluding hydrogens is 431 g/mol. The lowest BCUT2D eigenvalue weighted by molar-refractivity contribution is 0.294. The van der Waals surface area contributed by atoms with Crippen LogP contribution in [0.1, 0.15) is 25.3 Å². The molecule has 0 radical (unpaired) electrons. The fourth-order valence-corrected chi connectivity index (χ4v) is 2.08. The van der Waals surface area contributed by atoms with E-state index in [-0.39, 0.29) is 24.0 Å². The monoisotopic (exact) mass is 456 g/mol. The van der Waals surface area contributed by atoms with Gasteiger partial charge >= 0.3 is 0 Å². The number of nitrogens with one attached hydrogen (secondary N) is 1. The Morgan fingerprint density at radius 2 is 2.04 bits per heavy atom. The molecular formula is C18H25IN4O2. The van der Waals surface area contributed by atoms with Crippen molar-refractivity contribution < 1.29 is 9.47 Å². The first-order valence-electron chi connectivity index (χ1n) is 8.01. The second-order valence-electron chi connectivity index (χ2n) is 5.20. The van der Waals surface area contributed by atoms with Crippen LogP contribution in [-0.4, -0.2) is 24.7 Å². The third kappa shape index (κ3) is 6.77. The number of anilines is 1. The van der Waals surface area contributed by atoms with Crippen LogP contribution >= 0.6 is 24.0 Å². The minimum absolute atomic E-state index is 0. The average Bonchev–Trinajstić information content (AvgIpc) is 2.61. The van der Waals surface area contributed by atoms with Crippen LogP contribution in [0.4, 0.5) is 5.69 Å². The van der Waals surface area contributed by atoms with Gasteiger partial charge in [0.25, 0.3) is 0 Å². The van der Waals surface area contributed by atoms with E-state index in [0.717, 1.165) is 24.1 Å². The molecule has 1 aromatic carbocycles. The zero-order chi connectivity index (χ0) is 17.2. The fourth-order valence-electron chi connectivity index (χ4n) is 2.08. The molecule has 0 aliphatic heterocycles. The summed E-state index contributed by atoms with van der Waals surface area (Å²) >= 11 is 0. The van der Waals surface area contributed by atoms with E-state index in [1.165, 1.54) is 0 Å². The summed E-state index contributed by atoms with van der Waals surface area (Å²) in [6, 6.07) is 11.3. The van der Waals surface area contributed by atoms with Crippen molar-refractivity contribution in [1.82, 2.24) is 4.98 Å². The number of hydrogen-bond donors (Lipinski definition) is 2. The summed E-state index contributed by atoms with van der Waals surface area (Å²) in [4.78, 5) is 8.63. The van der Waals surface area contributed by atoms with E-state index >= 15 is 0 Å². The Morgan fingerprint density at radius 3 is 2.80 bits per heavy atom. The highest BCUT2D eigenvalue weighted by Crippen LogP contribution is 2.22. The molecule has 0 atom stereocenters. The molecule has 0 bridgehead atoms. The van der Waals surface area contributed by atoms with Gasteiger partial charge in [0.2, 0.25) is 5.88 Å². The summed E-state index contributed by atoms with van der Waals surface area (Å²) in [6.45, 7) is 3.17. The zero-order valence-electron chi connectivity index (χ0n) is 14.6. The first kappa shape index (κ1) is 21.0. The topological polar surface area (TPSA) is 81.8 Å². The molecule has 0 amide bonds. The smallest absolute Gasteiger partial charge is 0.218 e. The number of aromatic nitrogens is 1. The molecule has 0 aliphatic carbocycles. The van der Waals surface area contributed by atoms with E-state index in [9.17, 15) is 0 Å². The van der Waals surface area contributed by atoms with Crippen LogP contribution in [-0.2, 0) is 6.54 Å². The van der Waals surface area contributed by atoms with Crippen molar-refractivity contribution in [2.24, 2.45) is 10.7 Å². The number of nitrogens with two attached hydrogens (primary N) is 1. The third-order valence-corrected chi connectivity index (χ3v) is 3.38. The lowest BCUT2D eigenvalue weighted by atomic mass is 10.2. The Hall–Kier alpha value is -2.03. The van der Waals surface area contributed by atoms with E-state index in [1.807, 2.05) is 36.4 Å². The molecule has 25 heavy (non-hydrogen) atoms. The van der Waals surface area contributed by atoms with Crippen LogP contribution in [0.2, 0.25) is 0 Å². The number of pyridine rings is 1. The van der Waals surface area contributed by atoms with Crippen LogP contribution < -0.4 is 20.5 Å². The second-order valence-corrected chi connectivity index (χ2v) is 5.20. The average molecular weight is 456 g/mol. The molecule has 3 N–H and O–H groups in total. The molecule has 0 unspecified atom stereocenters. The van der Waals surface area contributed by atoms with Gasteiger partial charge in [0.05, 0.1) is 25.9 Å². The number of benzene rings is 1. The Bertz CT molecular complexity index is 680. The van der Waals surface area contributed by atoms with Gasteiger partial charge in [0, 0.05) is 11.8 Å². The number of unbranched alkanes of at least 4 members (excludes halogenated alkanes) is 1. The Labute approximate surface area is 165 Å². The highest BCUT2D eigenvalue weighted by Gasteiger charge is 2.06. The quantitative estimate of drug-likeness (QED) is 0.273. The van der Waals surface area contributed by atoms with Gasteiger partial charge in [-0.1, -0.05) is 31.5 Å². The molecule has 1 heterocycles. The minimum Gasteiger partial charge on any atom is -0.495 e. The standard InChI is InChI=1S/C18H24N4O2.HI/c1-3-4-12-24-17-14(8-7-11-20-17)13-21-18(19)22-15-9-5-6-10-16(15)23-2;/h5-11H,3-4,12-13H2,1-2H3,(H3,19,21,22);1H. The Kier molecular flexibility index (Phi) is 9.68. The summed E-state index contributed by atoms with van der Waals surface area (Å²) in [5.41, 5.74) is 7.64. The summed E-state index contributed by atoms with van der Waals surface area (Å²) < 4.78 is 11.0. The van der Waals surface area contributed by atoms with E-state index < -0.39 is 0 Å². The van der Waals surface area contributed by atoms with Crippen LogP contribution in [0, 0.1) is 0 Å². The van der Waals surface area contributed by atoms with Gasteiger partial charge in [-0.25, -0.2) is 9.98 Å². The highest BCUT2D eigenvalue weighted by atomic mass is 127. The molecule has 1 aromatic heterocycles. The van der Waals surface area contributed by atoms with E-state index in [4.69, 9.17) is 15.2 Å². The maximum absolute atomic E-state index is 5.97. The number of hydrogen-bond acceptors (Lipinski definition) is 4. The molecule has 7 heteroatoms.